The van der Waals surface area contributed by atoms with Crippen LogP contribution in [0.5, 0.6) is 0 Å². The van der Waals surface area contributed by atoms with Crippen LogP contribution in [-0.2, 0) is 0 Å². The molecule has 0 N–H and O–H groups in total. The molecule has 0 atom stereocenters. The molecule has 4 heteroatoms. The van der Waals surface area contributed by atoms with E-state index in [1.165, 1.54) is 78.2 Å². The molecule has 0 spiro atoms. The fourth-order valence-corrected chi connectivity index (χ4v) is 8.39. The molecule has 10 rings (SSSR count). The maximum atomic E-state index is 6.18. The topological polar surface area (TPSA) is 19.6 Å². The van der Waals surface area contributed by atoms with E-state index in [0.717, 1.165) is 27.6 Å². The van der Waals surface area contributed by atoms with Gasteiger partial charge in [-0.25, -0.2) is 0 Å². The molecule has 0 amide bonds. The molecule has 0 bridgehead atoms. The van der Waals surface area contributed by atoms with Crippen molar-refractivity contribution in [3.63, 3.8) is 0 Å². The molecular formula is C46H35BN2O. The summed E-state index contributed by atoms with van der Waals surface area (Å²) >= 11 is 0. The van der Waals surface area contributed by atoms with Crippen LogP contribution in [0.3, 0.4) is 0 Å². The Kier molecular flexibility index (Phi) is 6.23. The lowest BCUT2D eigenvalue weighted by Crippen LogP contribution is -2.61. The summed E-state index contributed by atoms with van der Waals surface area (Å²) in [5, 5.41) is 2.29. The van der Waals surface area contributed by atoms with Crippen LogP contribution >= 0.6 is 0 Å². The smallest absolute Gasteiger partial charge is 0.252 e. The fraction of sp³-hybridized carbons (Fsp3) is 0.0870. The number of rotatable bonds is 3. The Labute approximate surface area is 293 Å². The molecule has 0 saturated heterocycles. The minimum absolute atomic E-state index is 0.116. The first-order valence-electron chi connectivity index (χ1n) is 17.5. The van der Waals surface area contributed by atoms with Crippen molar-refractivity contribution in [1.82, 2.24) is 0 Å². The highest BCUT2D eigenvalue weighted by Crippen LogP contribution is 2.45. The van der Waals surface area contributed by atoms with Crippen LogP contribution in [0.25, 0.3) is 33.1 Å². The van der Waals surface area contributed by atoms with Gasteiger partial charge in [0.05, 0.1) is 0 Å². The van der Waals surface area contributed by atoms with Gasteiger partial charge in [-0.3, -0.25) is 0 Å². The van der Waals surface area contributed by atoms with Gasteiger partial charge >= 0.3 is 0 Å². The molecule has 3 heterocycles. The summed E-state index contributed by atoms with van der Waals surface area (Å²) < 4.78 is 6.18. The van der Waals surface area contributed by atoms with Gasteiger partial charge in [-0.2, -0.15) is 0 Å². The Morgan fingerprint density at radius 1 is 0.460 bits per heavy atom. The van der Waals surface area contributed by atoms with Crippen molar-refractivity contribution >= 4 is 79.2 Å². The molecule has 0 saturated carbocycles. The van der Waals surface area contributed by atoms with Crippen molar-refractivity contribution in [1.29, 1.82) is 0 Å². The van der Waals surface area contributed by atoms with Gasteiger partial charge in [0.2, 0.25) is 0 Å². The predicted octanol–water partition coefficient (Wildman–Crippen LogP) is 10.6. The van der Waals surface area contributed by atoms with Crippen molar-refractivity contribution in [3.05, 3.63) is 162 Å². The van der Waals surface area contributed by atoms with E-state index < -0.39 is 0 Å². The lowest BCUT2D eigenvalue weighted by Gasteiger charge is -2.44. The number of aryl methyl sites for hydroxylation is 4. The van der Waals surface area contributed by atoms with Gasteiger partial charge in [-0.15, -0.1) is 0 Å². The molecule has 238 valence electrons. The maximum Gasteiger partial charge on any atom is 0.252 e. The second-order valence-electron chi connectivity index (χ2n) is 14.1. The van der Waals surface area contributed by atoms with Gasteiger partial charge in [0.15, 0.2) is 0 Å². The Morgan fingerprint density at radius 2 is 1.08 bits per heavy atom. The number of nitrogens with zero attached hydrogens (tertiary/aromatic N) is 2. The number of benzene rings is 7. The average molecular weight is 643 g/mol. The Morgan fingerprint density at radius 3 is 1.80 bits per heavy atom. The van der Waals surface area contributed by atoms with E-state index in [0.29, 0.717) is 0 Å². The molecule has 0 fully saturated rings. The zero-order chi connectivity index (χ0) is 33.7. The van der Waals surface area contributed by atoms with E-state index in [2.05, 4.69) is 165 Å². The van der Waals surface area contributed by atoms with Crippen molar-refractivity contribution in [3.8, 4) is 11.1 Å². The maximum absolute atomic E-state index is 6.18. The first-order valence-corrected chi connectivity index (χ1v) is 17.5. The normalized spacial score (nSPS) is 13.1. The van der Waals surface area contributed by atoms with Crippen LogP contribution < -0.4 is 26.2 Å². The third kappa shape index (κ3) is 4.24. The summed E-state index contributed by atoms with van der Waals surface area (Å²) in [5.74, 6) is 0. The largest absolute Gasteiger partial charge is 0.456 e. The lowest BCUT2D eigenvalue weighted by atomic mass is 9.33. The molecule has 2 aliphatic heterocycles. The molecule has 0 unspecified atom stereocenters. The number of furan rings is 1. The molecule has 2 aliphatic rings. The van der Waals surface area contributed by atoms with Gasteiger partial charge in [0.25, 0.3) is 6.71 Å². The first kappa shape index (κ1) is 29.0. The zero-order valence-corrected chi connectivity index (χ0v) is 28.7. The number of anilines is 6. The molecule has 0 radical (unpaired) electrons. The molecule has 1 aromatic heterocycles. The van der Waals surface area contributed by atoms with Crippen LogP contribution in [0.1, 0.15) is 22.3 Å². The van der Waals surface area contributed by atoms with E-state index in [-0.39, 0.29) is 6.71 Å². The van der Waals surface area contributed by atoms with Gasteiger partial charge in [-0.05, 0) is 128 Å². The highest BCUT2D eigenvalue weighted by atomic mass is 16.3. The lowest BCUT2D eigenvalue weighted by molar-refractivity contribution is 0.669. The third-order valence-corrected chi connectivity index (χ3v) is 10.8. The SMILES string of the molecule is Cc1ccc(N2c3ccc(C)cc3B3c4cc(C)ccc4N(c4ccc(C)c(-c5ccc6oc7ccccc7c6c5)c4)c4cccc2c43)cc1. The number of hydrogen-bond acceptors (Lipinski definition) is 3. The molecule has 50 heavy (non-hydrogen) atoms. The summed E-state index contributed by atoms with van der Waals surface area (Å²) in [4.78, 5) is 4.96. The molecule has 7 aromatic carbocycles. The molecule has 3 nitrogen and oxygen atoms in total. The summed E-state index contributed by atoms with van der Waals surface area (Å²) in [6.45, 7) is 8.90. The van der Waals surface area contributed by atoms with E-state index in [1.807, 2.05) is 12.1 Å². The van der Waals surface area contributed by atoms with Crippen molar-refractivity contribution in [2.45, 2.75) is 27.7 Å². The Hall–Kier alpha value is -6.00. The molecule has 8 aromatic rings. The van der Waals surface area contributed by atoms with Crippen LogP contribution in [0.4, 0.5) is 34.1 Å². The first-order chi connectivity index (χ1) is 24.4. The highest BCUT2D eigenvalue weighted by Gasteiger charge is 2.43. The fourth-order valence-electron chi connectivity index (χ4n) is 8.39. The Balaban J connectivity index is 1.21. The quantitative estimate of drug-likeness (QED) is 0.179. The van der Waals surface area contributed by atoms with Crippen LogP contribution in [0.15, 0.2) is 144 Å². The van der Waals surface area contributed by atoms with Crippen molar-refractivity contribution < 1.29 is 4.42 Å². The number of hydrogen-bond donors (Lipinski definition) is 0. The van der Waals surface area contributed by atoms with E-state index in [9.17, 15) is 0 Å². The minimum Gasteiger partial charge on any atom is -0.456 e. The van der Waals surface area contributed by atoms with Crippen LogP contribution in [0.2, 0.25) is 0 Å². The van der Waals surface area contributed by atoms with Gasteiger partial charge in [0.1, 0.15) is 11.2 Å². The standard InChI is InChI=1S/C46H35BN2O/c1-28-12-18-33(19-13-28)48-40-21-14-29(2)24-38(40)47-39-25-30(3)15-22-41(39)49(43-10-7-9-42(48)46(43)47)34-20-16-31(4)36(27-34)32-17-23-45-37(26-32)35-8-5-6-11-44(35)50-45/h5-27H,1-4H3. The molecular weight excluding hydrogens is 607 g/mol. The summed E-state index contributed by atoms with van der Waals surface area (Å²) in [5.41, 5.74) is 20.6. The number of para-hydroxylation sites is 1. The van der Waals surface area contributed by atoms with Crippen molar-refractivity contribution in [2.75, 3.05) is 9.80 Å². The van der Waals surface area contributed by atoms with Gasteiger partial charge < -0.3 is 14.2 Å². The second-order valence-corrected chi connectivity index (χ2v) is 14.1. The van der Waals surface area contributed by atoms with Crippen LogP contribution in [-0.4, -0.2) is 6.71 Å². The molecule has 0 aliphatic carbocycles. The van der Waals surface area contributed by atoms with Gasteiger partial charge in [-0.1, -0.05) is 89.5 Å². The van der Waals surface area contributed by atoms with E-state index >= 15 is 0 Å². The predicted molar refractivity (Wildman–Crippen MR) is 212 cm³/mol. The highest BCUT2D eigenvalue weighted by molar-refractivity contribution is 7.00. The minimum atomic E-state index is 0.116. The third-order valence-electron chi connectivity index (χ3n) is 10.8. The zero-order valence-electron chi connectivity index (χ0n) is 28.7. The van der Waals surface area contributed by atoms with Gasteiger partial charge in [0, 0.05) is 44.9 Å². The second kappa shape index (κ2) is 10.8. The number of fused-ring (bicyclic) bond motifs is 7. The van der Waals surface area contributed by atoms with Crippen molar-refractivity contribution in [2.24, 2.45) is 0 Å². The summed E-state index contributed by atoms with van der Waals surface area (Å²) in [7, 11) is 0. The summed E-state index contributed by atoms with van der Waals surface area (Å²) in [6.07, 6.45) is 0. The Bertz CT molecular complexity index is 2670. The average Bonchev–Trinajstić information content (AvgIpc) is 3.50. The summed E-state index contributed by atoms with van der Waals surface area (Å²) in [6, 6.07) is 51.6. The monoisotopic (exact) mass is 642 g/mol. The van der Waals surface area contributed by atoms with E-state index in [1.54, 1.807) is 0 Å². The van der Waals surface area contributed by atoms with Crippen LogP contribution in [0, 0.1) is 27.7 Å². The van der Waals surface area contributed by atoms with E-state index in [4.69, 9.17) is 4.42 Å².